The van der Waals surface area contributed by atoms with Crippen molar-refractivity contribution in [2.45, 2.75) is 162 Å². The van der Waals surface area contributed by atoms with Crippen LogP contribution in [0.25, 0.3) is 0 Å². The van der Waals surface area contributed by atoms with Crippen LogP contribution in [0.15, 0.2) is 97.1 Å². The molecule has 71 heavy (non-hydrogen) atoms. The van der Waals surface area contributed by atoms with Gasteiger partial charge in [0.25, 0.3) is 0 Å². The van der Waals surface area contributed by atoms with Gasteiger partial charge in [-0.15, -0.1) is 0 Å². The molecule has 0 heterocycles. The van der Waals surface area contributed by atoms with E-state index < -0.39 is 79.8 Å². The summed E-state index contributed by atoms with van der Waals surface area (Å²) in [5, 5.41) is 0. The van der Waals surface area contributed by atoms with Crippen LogP contribution in [0.1, 0.15) is 35.1 Å². The lowest BCUT2D eigenvalue weighted by Crippen LogP contribution is -2.56. The summed E-state index contributed by atoms with van der Waals surface area (Å²) in [6.07, 6.45) is 1.98. The fourth-order valence-corrected chi connectivity index (χ4v) is 44.8. The minimum absolute atomic E-state index is 0.369. The second kappa shape index (κ2) is 25.0. The van der Waals surface area contributed by atoms with Gasteiger partial charge in [0.15, 0.2) is 33.3 Å². The Kier molecular flexibility index (Phi) is 21.3. The van der Waals surface area contributed by atoms with Crippen LogP contribution in [0.2, 0.25) is 130 Å². The average molecular weight is 1110 g/mol. The third-order valence-corrected chi connectivity index (χ3v) is 37.3. The van der Waals surface area contributed by atoms with Gasteiger partial charge in [-0.3, -0.25) is 0 Å². The van der Waals surface area contributed by atoms with Gasteiger partial charge in [0.1, 0.15) is 23.0 Å². The fourth-order valence-electron chi connectivity index (χ4n) is 8.92. The maximum atomic E-state index is 13.0. The third kappa shape index (κ3) is 23.8. The van der Waals surface area contributed by atoms with Gasteiger partial charge in [-0.25, -0.2) is 9.59 Å². The molecule has 0 bridgehead atoms. The molecule has 0 aliphatic rings. The van der Waals surface area contributed by atoms with Crippen LogP contribution in [0.5, 0.6) is 23.0 Å². The molecule has 0 saturated heterocycles. The zero-order valence-electron chi connectivity index (χ0n) is 46.1. The summed E-state index contributed by atoms with van der Waals surface area (Å²) in [7, 11) is -17.4. The molecular weight excluding hydrogens is 1030 g/mol. The van der Waals surface area contributed by atoms with Gasteiger partial charge in [-0.05, 0) is 221 Å². The van der Waals surface area contributed by atoms with E-state index in [1.165, 1.54) is 0 Å². The van der Waals surface area contributed by atoms with Crippen molar-refractivity contribution in [3.8, 4) is 23.0 Å². The Morgan fingerprint density at radius 1 is 0.366 bits per heavy atom. The maximum absolute atomic E-state index is 13.0. The zero-order valence-corrected chi connectivity index (χ0v) is 54.1. The van der Waals surface area contributed by atoms with Crippen LogP contribution in [0.4, 0.5) is 9.59 Å². The number of carbonyl (C=O) groups excluding carboxylic acids is 2. The second-order valence-corrected chi connectivity index (χ2v) is 56.4. The number of rotatable bonds is 26. The molecule has 2 unspecified atom stereocenters. The zero-order chi connectivity index (χ0) is 53.1. The molecule has 12 nitrogen and oxygen atoms in total. The topological polar surface area (TPSA) is 126 Å². The predicted octanol–water partition coefficient (Wildman–Crippen LogP) is 15.3. The number of benzene rings is 4. The average Bonchev–Trinajstić information content (AvgIpc) is 3.16. The van der Waals surface area contributed by atoms with Crippen LogP contribution in [0, 0.1) is 0 Å². The summed E-state index contributed by atoms with van der Waals surface area (Å²) in [5.41, 5.74) is 3.83. The Balaban J connectivity index is 1.28. The molecule has 0 aliphatic heterocycles. The highest BCUT2D eigenvalue weighted by Gasteiger charge is 2.45. The molecule has 0 spiro atoms. The van der Waals surface area contributed by atoms with Crippen LogP contribution < -0.4 is 18.9 Å². The van der Waals surface area contributed by atoms with Crippen molar-refractivity contribution in [2.24, 2.45) is 0 Å². The van der Waals surface area contributed by atoms with Gasteiger partial charge < -0.3 is 43.6 Å². The Morgan fingerprint density at radius 3 is 0.986 bits per heavy atom. The Morgan fingerprint density at radius 2 is 0.676 bits per heavy atom. The largest absolute Gasteiger partial charge is 0.519 e. The van der Waals surface area contributed by atoms with Crippen LogP contribution in [-0.4, -0.2) is 79.8 Å². The van der Waals surface area contributed by atoms with Crippen molar-refractivity contribution in [1.29, 1.82) is 0 Å². The van der Waals surface area contributed by atoms with Crippen molar-refractivity contribution < 1.29 is 53.2 Å². The van der Waals surface area contributed by atoms with Crippen LogP contribution in [0.3, 0.4) is 0 Å². The molecule has 0 N–H and O–H groups in total. The van der Waals surface area contributed by atoms with Gasteiger partial charge in [0, 0.05) is 0 Å². The first-order valence-corrected chi connectivity index (χ1v) is 49.2. The summed E-state index contributed by atoms with van der Waals surface area (Å²) in [4.78, 5) is 26.1. The van der Waals surface area contributed by atoms with Gasteiger partial charge in [-0.1, -0.05) is 60.7 Å². The summed E-state index contributed by atoms with van der Waals surface area (Å²) in [6, 6.07) is 31.3. The first-order valence-electron chi connectivity index (χ1n) is 24.9. The number of para-hydroxylation sites is 2. The van der Waals surface area contributed by atoms with E-state index in [-0.39, 0.29) is 0 Å². The summed E-state index contributed by atoms with van der Waals surface area (Å²) >= 11 is 0. The second-order valence-electron chi connectivity index (χ2n) is 23.4. The minimum atomic E-state index is -2.59. The maximum Gasteiger partial charge on any atom is 0.519 e. The van der Waals surface area contributed by atoms with Gasteiger partial charge in [0.2, 0.25) is 0 Å². The smallest absolute Gasteiger partial charge is 0.437 e. The van der Waals surface area contributed by atoms with E-state index in [1.807, 2.05) is 60.7 Å². The lowest BCUT2D eigenvalue weighted by Gasteiger charge is -2.41. The molecule has 0 fully saturated rings. The van der Waals surface area contributed by atoms with E-state index in [1.54, 1.807) is 36.4 Å². The molecule has 4 rings (SSSR count). The van der Waals surface area contributed by atoms with E-state index in [2.05, 4.69) is 118 Å². The highest BCUT2D eigenvalue weighted by atomic mass is 28.5. The molecular formula is C51H84O12Si8. The fraction of sp³-hybridized carbons (Fsp3) is 0.490. The van der Waals surface area contributed by atoms with Gasteiger partial charge >= 0.3 is 46.6 Å². The number of hydrogen-bond acceptors (Lipinski definition) is 12. The molecule has 0 saturated carbocycles. The SMILES string of the molecule is C[Si](C)(C)O[Si](C)(C)O[Si](C)(CCCc1ccccc1OC(=O)Oc1ccc(Cc2ccc(OC(=O)Oc3ccccc3CCC[Si](C)(O[Si](C)(C)C)O[Si](C)(C)O[Si](C)(C)C)cc2)cc1)O[Si](C)(C)C. The molecule has 4 aromatic carbocycles. The van der Waals surface area contributed by atoms with Crippen molar-refractivity contribution >= 4 is 79.8 Å². The van der Waals surface area contributed by atoms with Crippen molar-refractivity contribution in [2.75, 3.05) is 0 Å². The van der Waals surface area contributed by atoms with E-state index in [0.29, 0.717) is 42.3 Å². The molecule has 392 valence electrons. The summed E-state index contributed by atoms with van der Waals surface area (Å²) in [5.74, 6) is 1.67. The number of carbonyl (C=O) groups is 2. The molecule has 2 atom stereocenters. The monoisotopic (exact) mass is 1110 g/mol. The number of aryl methyl sites for hydroxylation is 2. The van der Waals surface area contributed by atoms with Crippen molar-refractivity contribution in [1.82, 2.24) is 0 Å². The Labute approximate surface area is 434 Å². The molecule has 0 aliphatic carbocycles. The van der Waals surface area contributed by atoms with Crippen LogP contribution >= 0.6 is 0 Å². The molecule has 4 aromatic rings. The Bertz CT molecular complexity index is 2180. The van der Waals surface area contributed by atoms with Crippen molar-refractivity contribution in [3.63, 3.8) is 0 Å². The highest BCUT2D eigenvalue weighted by molar-refractivity contribution is 6.90. The van der Waals surface area contributed by atoms with E-state index in [9.17, 15) is 9.59 Å². The first-order chi connectivity index (χ1) is 32.6. The predicted molar refractivity (Wildman–Crippen MR) is 306 cm³/mol. The quantitative estimate of drug-likeness (QED) is 0.0337. The minimum Gasteiger partial charge on any atom is -0.437 e. The highest BCUT2D eigenvalue weighted by Crippen LogP contribution is 2.32. The normalized spacial score (nSPS) is 14.6. The molecule has 0 radical (unpaired) electrons. The molecule has 0 amide bonds. The summed E-state index contributed by atoms with van der Waals surface area (Å²) < 4.78 is 63.1. The molecule has 0 aromatic heterocycles. The standard InChI is InChI=1S/C51H84O12Si8/c1-64(2,3)58-68(13,14)62-70(17,60-66(7,8)9)39-23-27-44-25-19-21-29-48(44)56-50(52)54-46-35-31-42(32-36-46)41-43-33-37-47(38-34-43)55-51(53)57-49-30-22-20-26-45(49)28-24-40-71(18,61-67(10,11)12)63-69(15,16)59-65(4,5)6/h19-22,25-26,29-38H,23-24,27-28,39-41H2,1-18H3. The van der Waals surface area contributed by atoms with Crippen molar-refractivity contribution in [3.05, 3.63) is 119 Å². The third-order valence-electron chi connectivity index (χ3n) is 10.2. The first kappa shape index (κ1) is 60.5. The number of ether oxygens (including phenoxy) is 4. The van der Waals surface area contributed by atoms with E-state index >= 15 is 0 Å². The van der Waals surface area contributed by atoms with E-state index in [4.69, 9.17) is 43.6 Å². The lowest BCUT2D eigenvalue weighted by molar-refractivity contribution is 0.150. The molecule has 20 heteroatoms. The van der Waals surface area contributed by atoms with E-state index in [0.717, 1.165) is 47.2 Å². The van der Waals surface area contributed by atoms with Gasteiger partial charge in [-0.2, -0.15) is 0 Å². The lowest BCUT2D eigenvalue weighted by atomic mass is 10.0. The van der Waals surface area contributed by atoms with Gasteiger partial charge in [0.05, 0.1) is 0 Å². The Hall–Kier alpha value is -3.08. The summed E-state index contributed by atoms with van der Waals surface area (Å²) in [6.45, 7) is 39.2. The van der Waals surface area contributed by atoms with Crippen LogP contribution in [-0.2, 0) is 44.0 Å². The number of hydrogen-bond donors (Lipinski definition) is 0.